The second-order valence-corrected chi connectivity index (χ2v) is 10.2. The third-order valence-electron chi connectivity index (χ3n) is 7.94. The lowest BCUT2D eigenvalue weighted by molar-refractivity contribution is -0.117. The Balaban J connectivity index is 1.26. The van der Waals surface area contributed by atoms with Crippen LogP contribution in [0.2, 0.25) is 0 Å². The van der Waals surface area contributed by atoms with Crippen LogP contribution in [0.1, 0.15) is 66.2 Å². The van der Waals surface area contributed by atoms with Crippen LogP contribution >= 0.6 is 0 Å². The lowest BCUT2D eigenvalue weighted by Gasteiger charge is -2.35. The summed E-state index contributed by atoms with van der Waals surface area (Å²) in [7, 11) is 0. The number of carbonyl (C=O) groups is 2. The van der Waals surface area contributed by atoms with Gasteiger partial charge in [-0.1, -0.05) is 30.4 Å². The van der Waals surface area contributed by atoms with E-state index in [1.165, 1.54) is 18.5 Å². The van der Waals surface area contributed by atoms with Gasteiger partial charge in [-0.2, -0.15) is 5.10 Å². The zero-order chi connectivity index (χ0) is 24.6. The molecule has 1 aliphatic carbocycles. The molecule has 1 aromatic carbocycles. The number of carbonyl (C=O) groups excluding carboxylic acids is 2. The second kappa shape index (κ2) is 9.58. The molecule has 8 heteroatoms. The zero-order valence-corrected chi connectivity index (χ0v) is 20.7. The van der Waals surface area contributed by atoms with Crippen molar-refractivity contribution in [1.82, 2.24) is 20.4 Å². The maximum absolute atomic E-state index is 13.4. The summed E-state index contributed by atoms with van der Waals surface area (Å²) in [6.45, 7) is 5.94. The highest BCUT2D eigenvalue weighted by Crippen LogP contribution is 2.38. The molecule has 36 heavy (non-hydrogen) atoms. The first-order valence-corrected chi connectivity index (χ1v) is 13.1. The lowest BCUT2D eigenvalue weighted by atomic mass is 9.81. The van der Waals surface area contributed by atoms with Crippen LogP contribution in [0.25, 0.3) is 0 Å². The summed E-state index contributed by atoms with van der Waals surface area (Å²) in [5, 5.41) is 10.9. The Morgan fingerprint density at radius 1 is 1.17 bits per heavy atom. The van der Waals surface area contributed by atoms with Gasteiger partial charge in [0.2, 0.25) is 0 Å². The molecule has 8 nitrogen and oxygen atoms in total. The first kappa shape index (κ1) is 23.0. The van der Waals surface area contributed by atoms with Crippen molar-refractivity contribution >= 4 is 17.5 Å². The van der Waals surface area contributed by atoms with E-state index in [9.17, 15) is 9.59 Å². The largest absolute Gasteiger partial charge is 0.381 e. The Kier molecular flexibility index (Phi) is 6.13. The minimum Gasteiger partial charge on any atom is -0.381 e. The fourth-order valence-electron chi connectivity index (χ4n) is 6.04. The normalized spacial score (nSPS) is 23.9. The van der Waals surface area contributed by atoms with E-state index in [2.05, 4.69) is 38.8 Å². The summed E-state index contributed by atoms with van der Waals surface area (Å²) in [6, 6.07) is 8.34. The molecule has 4 heterocycles. The minimum absolute atomic E-state index is 0.0889. The fraction of sp³-hybridized carbons (Fsp3) is 0.464. The average Bonchev–Trinajstić information content (AvgIpc) is 3.59. The first-order valence-electron chi connectivity index (χ1n) is 13.1. The van der Waals surface area contributed by atoms with Gasteiger partial charge in [-0.3, -0.25) is 14.3 Å². The molecule has 188 valence electrons. The molecule has 2 saturated heterocycles. The van der Waals surface area contributed by atoms with E-state index < -0.39 is 0 Å². The Morgan fingerprint density at radius 3 is 2.75 bits per heavy atom. The van der Waals surface area contributed by atoms with Crippen molar-refractivity contribution in [2.45, 2.75) is 57.2 Å². The van der Waals surface area contributed by atoms with Crippen molar-refractivity contribution in [3.63, 3.8) is 0 Å². The monoisotopic (exact) mass is 487 g/mol. The fourth-order valence-corrected chi connectivity index (χ4v) is 6.04. The number of benzene rings is 1. The van der Waals surface area contributed by atoms with Gasteiger partial charge >= 0.3 is 0 Å². The van der Waals surface area contributed by atoms with Gasteiger partial charge in [0.15, 0.2) is 0 Å². The van der Waals surface area contributed by atoms with Gasteiger partial charge in [-0.05, 0) is 49.8 Å². The van der Waals surface area contributed by atoms with Gasteiger partial charge in [0.05, 0.1) is 29.5 Å². The maximum atomic E-state index is 13.4. The second-order valence-electron chi connectivity index (χ2n) is 10.2. The molecular formula is C28H33N5O3. The van der Waals surface area contributed by atoms with Gasteiger partial charge in [0, 0.05) is 50.0 Å². The van der Waals surface area contributed by atoms with Gasteiger partial charge in [0.1, 0.15) is 0 Å². The van der Waals surface area contributed by atoms with Crippen LogP contribution in [0.3, 0.4) is 0 Å². The van der Waals surface area contributed by atoms with Crippen molar-refractivity contribution in [2.75, 3.05) is 31.2 Å². The van der Waals surface area contributed by atoms with Gasteiger partial charge in [-0.15, -0.1) is 0 Å². The number of rotatable bonds is 5. The standard InChI is InChI=1S/C28H33N5O3/c1-18-14-24-22(26-23(28(35)31-24)17-30-33(26)20-8-12-36-13-9-20)15-21(18)27(34)29-16-19-6-2-3-7-25(19)32-10-4-5-11-32/h2-3,6-7,14-15,17,20,22,24H,4-5,8-13,16H2,1H3,(H,29,34)(H,31,35). The lowest BCUT2D eigenvalue weighted by Crippen LogP contribution is -2.45. The van der Waals surface area contributed by atoms with Crippen LogP contribution in [0.4, 0.5) is 5.69 Å². The van der Waals surface area contributed by atoms with Crippen molar-refractivity contribution in [1.29, 1.82) is 0 Å². The third-order valence-corrected chi connectivity index (χ3v) is 7.94. The van der Waals surface area contributed by atoms with Crippen LogP contribution in [0, 0.1) is 0 Å². The molecule has 2 atom stereocenters. The smallest absolute Gasteiger partial charge is 0.255 e. The number of amides is 2. The van der Waals surface area contributed by atoms with Crippen molar-refractivity contribution in [2.24, 2.45) is 0 Å². The van der Waals surface area contributed by atoms with E-state index in [0.717, 1.165) is 42.8 Å². The van der Waals surface area contributed by atoms with E-state index in [1.807, 2.05) is 29.8 Å². The van der Waals surface area contributed by atoms with E-state index in [0.29, 0.717) is 30.9 Å². The zero-order valence-electron chi connectivity index (χ0n) is 20.7. The summed E-state index contributed by atoms with van der Waals surface area (Å²) in [5.74, 6) is -0.327. The van der Waals surface area contributed by atoms with Crippen molar-refractivity contribution in [3.05, 3.63) is 70.6 Å². The first-order chi connectivity index (χ1) is 17.6. The highest BCUT2D eigenvalue weighted by Gasteiger charge is 2.39. The number of aromatic nitrogens is 2. The number of nitrogens with zero attached hydrogens (tertiary/aromatic N) is 3. The molecule has 2 amide bonds. The van der Waals surface area contributed by atoms with Crippen molar-refractivity contribution < 1.29 is 14.3 Å². The highest BCUT2D eigenvalue weighted by atomic mass is 16.5. The molecule has 2 aromatic rings. The van der Waals surface area contributed by atoms with Crippen LogP contribution in [0.5, 0.6) is 0 Å². The Labute approximate surface area is 211 Å². The molecule has 0 radical (unpaired) electrons. The van der Waals surface area contributed by atoms with Crippen molar-refractivity contribution in [3.8, 4) is 0 Å². The molecule has 0 bridgehead atoms. The molecule has 1 aromatic heterocycles. The molecule has 0 saturated carbocycles. The number of nitrogens with one attached hydrogen (secondary N) is 2. The molecule has 6 rings (SSSR count). The van der Waals surface area contributed by atoms with Gasteiger partial charge in [-0.25, -0.2) is 0 Å². The molecule has 4 aliphatic rings. The number of hydrogen-bond donors (Lipinski definition) is 2. The number of ether oxygens (including phenoxy) is 1. The summed E-state index contributed by atoms with van der Waals surface area (Å²) >= 11 is 0. The van der Waals surface area contributed by atoms with E-state index in [4.69, 9.17) is 4.74 Å². The highest BCUT2D eigenvalue weighted by molar-refractivity contribution is 6.00. The number of para-hydroxylation sites is 1. The summed E-state index contributed by atoms with van der Waals surface area (Å²) in [6.07, 6.45) is 9.87. The maximum Gasteiger partial charge on any atom is 0.255 e. The third kappa shape index (κ3) is 4.13. The van der Waals surface area contributed by atoms with E-state index >= 15 is 0 Å². The Hall–Kier alpha value is -3.39. The van der Waals surface area contributed by atoms with E-state index in [-0.39, 0.29) is 29.8 Å². The van der Waals surface area contributed by atoms with Gasteiger partial charge in [0.25, 0.3) is 11.8 Å². The van der Waals surface area contributed by atoms with Crippen LogP contribution < -0.4 is 15.5 Å². The van der Waals surface area contributed by atoms with Crippen LogP contribution in [0.15, 0.2) is 53.8 Å². The molecule has 2 N–H and O–H groups in total. The number of hydrogen-bond acceptors (Lipinski definition) is 5. The predicted molar refractivity (Wildman–Crippen MR) is 137 cm³/mol. The van der Waals surface area contributed by atoms with Gasteiger partial charge < -0.3 is 20.3 Å². The summed E-state index contributed by atoms with van der Waals surface area (Å²) in [4.78, 5) is 28.7. The average molecular weight is 488 g/mol. The molecule has 0 spiro atoms. The van der Waals surface area contributed by atoms with Crippen LogP contribution in [-0.2, 0) is 16.1 Å². The van der Waals surface area contributed by atoms with E-state index in [1.54, 1.807) is 6.20 Å². The predicted octanol–water partition coefficient (Wildman–Crippen LogP) is 3.23. The number of anilines is 1. The summed E-state index contributed by atoms with van der Waals surface area (Å²) < 4.78 is 7.55. The minimum atomic E-state index is -0.187. The molecule has 2 unspecified atom stereocenters. The summed E-state index contributed by atoms with van der Waals surface area (Å²) in [5.41, 5.74) is 5.39. The van der Waals surface area contributed by atoms with Crippen LogP contribution in [-0.4, -0.2) is 53.9 Å². The topological polar surface area (TPSA) is 88.5 Å². The SMILES string of the molecule is CC1=CC2NC(=O)c3cnn(C4CCOCC4)c3C2C=C1C(=O)NCc1ccccc1N1CCCC1. The Morgan fingerprint density at radius 2 is 1.94 bits per heavy atom. The Bertz CT molecular complexity index is 1230. The number of fused-ring (bicyclic) bond motifs is 3. The quantitative estimate of drug-likeness (QED) is 0.676. The molecule has 3 aliphatic heterocycles. The molecule has 2 fully saturated rings. The molecular weight excluding hydrogens is 454 g/mol.